The van der Waals surface area contributed by atoms with Gasteiger partial charge in [0.15, 0.2) is 11.5 Å². The zero-order valence-electron chi connectivity index (χ0n) is 11.7. The molecular formula is C16H18N2O3. The summed E-state index contributed by atoms with van der Waals surface area (Å²) in [6.45, 7) is 0.501. The third-order valence-electron chi connectivity index (χ3n) is 3.17. The standard InChI is InChI=1S/C16H18N2O3/c1-21-14-8-7-12(9-13(14)19)15(16(17)20)18-10-11-5-3-2-4-6-11/h2-9,15,18-19H,10H2,1H3,(H2,17,20). The lowest BCUT2D eigenvalue weighted by Gasteiger charge is -2.17. The van der Waals surface area contributed by atoms with Crippen LogP contribution in [0.15, 0.2) is 48.5 Å². The molecule has 4 N–H and O–H groups in total. The van der Waals surface area contributed by atoms with Crippen molar-refractivity contribution in [2.24, 2.45) is 5.73 Å². The number of phenols is 1. The molecule has 0 radical (unpaired) electrons. The second kappa shape index (κ2) is 6.76. The molecule has 0 saturated carbocycles. The van der Waals surface area contributed by atoms with Crippen LogP contribution >= 0.6 is 0 Å². The van der Waals surface area contributed by atoms with E-state index in [2.05, 4.69) is 5.32 Å². The number of ether oxygens (including phenoxy) is 1. The first kappa shape index (κ1) is 14.9. The Bertz CT molecular complexity index is 614. The fourth-order valence-electron chi connectivity index (χ4n) is 2.09. The van der Waals surface area contributed by atoms with E-state index in [0.29, 0.717) is 17.9 Å². The SMILES string of the molecule is COc1ccc(C(NCc2ccccc2)C(N)=O)cc1O. The molecule has 0 aromatic heterocycles. The largest absolute Gasteiger partial charge is 0.504 e. The molecule has 1 unspecified atom stereocenters. The summed E-state index contributed by atoms with van der Waals surface area (Å²) in [6, 6.07) is 13.8. The number of nitrogens with two attached hydrogens (primary N) is 1. The van der Waals surface area contributed by atoms with E-state index in [4.69, 9.17) is 10.5 Å². The Labute approximate surface area is 123 Å². The van der Waals surface area contributed by atoms with Gasteiger partial charge >= 0.3 is 0 Å². The fraction of sp³-hybridized carbons (Fsp3) is 0.188. The average molecular weight is 286 g/mol. The number of nitrogens with one attached hydrogen (secondary N) is 1. The summed E-state index contributed by atoms with van der Waals surface area (Å²) in [5.41, 5.74) is 7.08. The van der Waals surface area contributed by atoms with Crippen LogP contribution in [0, 0.1) is 0 Å². The minimum Gasteiger partial charge on any atom is -0.504 e. The number of aromatic hydroxyl groups is 1. The van der Waals surface area contributed by atoms with Gasteiger partial charge in [-0.25, -0.2) is 0 Å². The van der Waals surface area contributed by atoms with Crippen LogP contribution < -0.4 is 15.8 Å². The molecule has 0 fully saturated rings. The second-order valence-corrected chi connectivity index (χ2v) is 4.63. The lowest BCUT2D eigenvalue weighted by molar-refractivity contribution is -0.120. The molecule has 5 nitrogen and oxygen atoms in total. The van der Waals surface area contributed by atoms with Crippen LogP contribution in [0.1, 0.15) is 17.2 Å². The van der Waals surface area contributed by atoms with Crippen LogP contribution in [0.2, 0.25) is 0 Å². The van der Waals surface area contributed by atoms with Crippen molar-refractivity contribution in [1.29, 1.82) is 0 Å². The van der Waals surface area contributed by atoms with Gasteiger partial charge in [-0.2, -0.15) is 0 Å². The predicted octanol–water partition coefficient (Wildman–Crippen LogP) is 1.72. The molecule has 0 spiro atoms. The van der Waals surface area contributed by atoms with Crippen LogP contribution in [0.4, 0.5) is 0 Å². The van der Waals surface area contributed by atoms with Gasteiger partial charge in [-0.05, 0) is 23.3 Å². The van der Waals surface area contributed by atoms with E-state index in [1.807, 2.05) is 30.3 Å². The molecular weight excluding hydrogens is 268 g/mol. The summed E-state index contributed by atoms with van der Waals surface area (Å²) >= 11 is 0. The second-order valence-electron chi connectivity index (χ2n) is 4.63. The highest BCUT2D eigenvalue weighted by Gasteiger charge is 2.18. The highest BCUT2D eigenvalue weighted by Crippen LogP contribution is 2.28. The summed E-state index contributed by atoms with van der Waals surface area (Å²) in [5.74, 6) is -0.178. The van der Waals surface area contributed by atoms with Crippen molar-refractivity contribution in [2.45, 2.75) is 12.6 Å². The summed E-state index contributed by atoms with van der Waals surface area (Å²) in [6.07, 6.45) is 0. The number of hydrogen-bond donors (Lipinski definition) is 3. The molecule has 0 aliphatic carbocycles. The van der Waals surface area contributed by atoms with Crippen molar-refractivity contribution >= 4 is 5.91 Å². The van der Waals surface area contributed by atoms with Crippen molar-refractivity contribution in [2.75, 3.05) is 7.11 Å². The summed E-state index contributed by atoms with van der Waals surface area (Å²) < 4.78 is 4.98. The van der Waals surface area contributed by atoms with Crippen LogP contribution in [0.25, 0.3) is 0 Å². The lowest BCUT2D eigenvalue weighted by atomic mass is 10.0. The molecule has 21 heavy (non-hydrogen) atoms. The third-order valence-corrected chi connectivity index (χ3v) is 3.17. The number of carbonyl (C=O) groups excluding carboxylic acids is 1. The minimum atomic E-state index is -0.679. The van der Waals surface area contributed by atoms with Crippen LogP contribution in [-0.2, 0) is 11.3 Å². The van der Waals surface area contributed by atoms with Crippen molar-refractivity contribution in [3.05, 3.63) is 59.7 Å². The van der Waals surface area contributed by atoms with Crippen LogP contribution in [0.3, 0.4) is 0 Å². The van der Waals surface area contributed by atoms with E-state index in [0.717, 1.165) is 5.56 Å². The Kier molecular flexibility index (Phi) is 4.79. The highest BCUT2D eigenvalue weighted by molar-refractivity contribution is 5.81. The first-order chi connectivity index (χ1) is 10.1. The predicted molar refractivity (Wildman–Crippen MR) is 79.9 cm³/mol. The van der Waals surface area contributed by atoms with Crippen molar-refractivity contribution in [3.63, 3.8) is 0 Å². The Morgan fingerprint density at radius 1 is 1.29 bits per heavy atom. The van der Waals surface area contributed by atoms with Gasteiger partial charge in [-0.1, -0.05) is 36.4 Å². The molecule has 0 aliphatic rings. The highest BCUT2D eigenvalue weighted by atomic mass is 16.5. The topological polar surface area (TPSA) is 84.6 Å². The van der Waals surface area contributed by atoms with Gasteiger partial charge in [0.05, 0.1) is 7.11 Å². The maximum Gasteiger partial charge on any atom is 0.239 e. The number of phenolic OH excluding ortho intramolecular Hbond substituents is 1. The van der Waals surface area contributed by atoms with Gasteiger partial charge in [-0.3, -0.25) is 10.1 Å². The number of hydrogen-bond acceptors (Lipinski definition) is 4. The van der Waals surface area contributed by atoms with Crippen molar-refractivity contribution in [1.82, 2.24) is 5.32 Å². The van der Waals surface area contributed by atoms with Crippen molar-refractivity contribution < 1.29 is 14.6 Å². The number of benzene rings is 2. The Hall–Kier alpha value is -2.53. The molecule has 2 aromatic rings. The molecule has 0 aliphatic heterocycles. The zero-order valence-corrected chi connectivity index (χ0v) is 11.7. The van der Waals surface area contributed by atoms with Crippen LogP contribution in [-0.4, -0.2) is 18.1 Å². The number of methoxy groups -OCH3 is 1. The molecule has 2 aromatic carbocycles. The molecule has 0 bridgehead atoms. The Morgan fingerprint density at radius 2 is 2.00 bits per heavy atom. The van der Waals surface area contributed by atoms with Gasteiger partial charge in [0, 0.05) is 6.54 Å². The normalized spacial score (nSPS) is 11.9. The van der Waals surface area contributed by atoms with E-state index >= 15 is 0 Å². The minimum absolute atomic E-state index is 0.0252. The maximum atomic E-state index is 11.6. The lowest BCUT2D eigenvalue weighted by Crippen LogP contribution is -2.33. The smallest absolute Gasteiger partial charge is 0.239 e. The quantitative estimate of drug-likeness (QED) is 0.755. The van der Waals surface area contributed by atoms with E-state index in [1.165, 1.54) is 13.2 Å². The third kappa shape index (κ3) is 3.73. The van der Waals surface area contributed by atoms with Gasteiger partial charge in [0.1, 0.15) is 6.04 Å². The number of rotatable bonds is 6. The fourth-order valence-corrected chi connectivity index (χ4v) is 2.09. The molecule has 1 amide bonds. The molecule has 0 saturated heterocycles. The summed E-state index contributed by atoms with van der Waals surface area (Å²) in [4.78, 5) is 11.6. The van der Waals surface area contributed by atoms with E-state index in [-0.39, 0.29) is 5.75 Å². The Morgan fingerprint density at radius 3 is 2.57 bits per heavy atom. The first-order valence-electron chi connectivity index (χ1n) is 6.55. The molecule has 110 valence electrons. The average Bonchev–Trinajstić information content (AvgIpc) is 2.48. The zero-order chi connectivity index (χ0) is 15.2. The van der Waals surface area contributed by atoms with Gasteiger partial charge in [0.2, 0.25) is 5.91 Å². The van der Waals surface area contributed by atoms with Crippen molar-refractivity contribution in [3.8, 4) is 11.5 Å². The number of primary amides is 1. The van der Waals surface area contributed by atoms with Crippen LogP contribution in [0.5, 0.6) is 11.5 Å². The van der Waals surface area contributed by atoms with E-state index in [1.54, 1.807) is 12.1 Å². The van der Waals surface area contributed by atoms with Gasteiger partial charge in [-0.15, -0.1) is 0 Å². The molecule has 5 heteroatoms. The first-order valence-corrected chi connectivity index (χ1v) is 6.55. The van der Waals surface area contributed by atoms with Gasteiger partial charge < -0.3 is 15.6 Å². The number of carbonyl (C=O) groups is 1. The molecule has 0 heterocycles. The monoisotopic (exact) mass is 286 g/mol. The summed E-state index contributed by atoms with van der Waals surface area (Å²) in [5, 5.41) is 12.9. The maximum absolute atomic E-state index is 11.6. The van der Waals surface area contributed by atoms with E-state index in [9.17, 15) is 9.90 Å². The van der Waals surface area contributed by atoms with E-state index < -0.39 is 11.9 Å². The molecule has 1 atom stereocenters. The number of amides is 1. The Balaban J connectivity index is 2.15. The summed E-state index contributed by atoms with van der Waals surface area (Å²) in [7, 11) is 1.47. The molecule has 2 rings (SSSR count). The van der Waals surface area contributed by atoms with Gasteiger partial charge in [0.25, 0.3) is 0 Å².